The Hall–Kier alpha value is -1.35. The van der Waals surface area contributed by atoms with Gasteiger partial charge in [0.1, 0.15) is 5.41 Å². The smallest absolute Gasteiger partial charge is 0.319 e. The molecule has 104 valence electrons. The number of benzene rings is 1. The summed E-state index contributed by atoms with van der Waals surface area (Å²) in [7, 11) is 1.48. The zero-order valence-corrected chi connectivity index (χ0v) is 12.4. The molecule has 3 heteroatoms. The maximum atomic E-state index is 12.5. The zero-order chi connectivity index (χ0) is 14.2. The van der Waals surface area contributed by atoms with Gasteiger partial charge in [-0.2, -0.15) is 0 Å². The number of carbonyl (C=O) groups is 1. The van der Waals surface area contributed by atoms with E-state index in [2.05, 4.69) is 44.7 Å². The number of likely N-dealkylation sites (N-methyl/N-ethyl adjacent to an activating group) is 1. The Morgan fingerprint density at radius 1 is 1.37 bits per heavy atom. The molecule has 0 amide bonds. The number of hydrogen-bond donors (Lipinski definition) is 0. The van der Waals surface area contributed by atoms with Crippen molar-refractivity contribution in [3.05, 3.63) is 35.4 Å². The highest BCUT2D eigenvalue weighted by atomic mass is 16.5. The lowest BCUT2D eigenvalue weighted by atomic mass is 9.61. The van der Waals surface area contributed by atoms with Crippen LogP contribution < -0.4 is 0 Å². The molecule has 19 heavy (non-hydrogen) atoms. The molecule has 0 radical (unpaired) electrons. The molecule has 0 spiro atoms. The number of nitrogens with zero attached hydrogens (tertiary/aromatic N) is 1. The Morgan fingerprint density at radius 3 is 2.47 bits per heavy atom. The van der Waals surface area contributed by atoms with Crippen LogP contribution in [0.15, 0.2) is 24.3 Å². The summed E-state index contributed by atoms with van der Waals surface area (Å²) in [5.74, 6) is -0.122. The van der Waals surface area contributed by atoms with E-state index in [0.717, 1.165) is 12.1 Å². The monoisotopic (exact) mass is 261 g/mol. The van der Waals surface area contributed by atoms with Gasteiger partial charge < -0.3 is 4.74 Å². The Morgan fingerprint density at radius 2 is 2.00 bits per heavy atom. The molecule has 2 rings (SSSR count). The van der Waals surface area contributed by atoms with Crippen molar-refractivity contribution in [2.24, 2.45) is 0 Å². The molecule has 0 N–H and O–H groups in total. The van der Waals surface area contributed by atoms with Crippen molar-refractivity contribution in [3.8, 4) is 0 Å². The molecule has 1 saturated heterocycles. The average molecular weight is 261 g/mol. The topological polar surface area (TPSA) is 29.5 Å². The van der Waals surface area contributed by atoms with Crippen LogP contribution >= 0.6 is 0 Å². The maximum Gasteiger partial charge on any atom is 0.319 e. The number of carbonyl (C=O) groups excluding carboxylic acids is 1. The highest BCUT2D eigenvalue weighted by molar-refractivity contribution is 5.87. The minimum atomic E-state index is -0.531. The highest BCUT2D eigenvalue weighted by Crippen LogP contribution is 2.47. The van der Waals surface area contributed by atoms with Crippen LogP contribution in [0.3, 0.4) is 0 Å². The van der Waals surface area contributed by atoms with Gasteiger partial charge in [-0.1, -0.05) is 36.8 Å². The van der Waals surface area contributed by atoms with E-state index in [4.69, 9.17) is 4.74 Å². The summed E-state index contributed by atoms with van der Waals surface area (Å²) in [6.45, 7) is 9.36. The van der Waals surface area contributed by atoms with E-state index in [1.54, 1.807) is 0 Å². The molecule has 2 unspecified atom stereocenters. The SMILES string of the molecule is CCN1C(C)C(C(=O)OC)(c2cccc(C)c2)C1C. The summed E-state index contributed by atoms with van der Waals surface area (Å²) in [4.78, 5) is 14.8. The van der Waals surface area contributed by atoms with E-state index in [1.165, 1.54) is 12.7 Å². The van der Waals surface area contributed by atoms with Crippen LogP contribution in [0.4, 0.5) is 0 Å². The van der Waals surface area contributed by atoms with Crippen LogP contribution in [0.1, 0.15) is 31.9 Å². The van der Waals surface area contributed by atoms with Gasteiger partial charge in [0, 0.05) is 12.1 Å². The molecule has 0 aliphatic carbocycles. The van der Waals surface area contributed by atoms with Crippen molar-refractivity contribution in [1.29, 1.82) is 0 Å². The van der Waals surface area contributed by atoms with Gasteiger partial charge in [0.15, 0.2) is 0 Å². The molecule has 0 bridgehead atoms. The predicted octanol–water partition coefficient (Wildman–Crippen LogP) is 2.52. The first-order valence-corrected chi connectivity index (χ1v) is 6.91. The minimum absolute atomic E-state index is 0.122. The third-order valence-corrected chi connectivity index (χ3v) is 4.70. The molecule has 0 aromatic heterocycles. The Labute approximate surface area is 115 Å². The van der Waals surface area contributed by atoms with Crippen molar-refractivity contribution in [1.82, 2.24) is 4.90 Å². The molecule has 3 nitrogen and oxygen atoms in total. The molecule has 2 atom stereocenters. The van der Waals surface area contributed by atoms with Gasteiger partial charge >= 0.3 is 5.97 Å². The van der Waals surface area contributed by atoms with Crippen LogP contribution in [0.5, 0.6) is 0 Å². The Kier molecular flexibility index (Phi) is 3.68. The minimum Gasteiger partial charge on any atom is -0.468 e. The quantitative estimate of drug-likeness (QED) is 0.783. The third kappa shape index (κ3) is 1.79. The molecule has 1 aromatic carbocycles. The third-order valence-electron chi connectivity index (χ3n) is 4.70. The molecule has 1 aliphatic rings. The van der Waals surface area contributed by atoms with Crippen molar-refractivity contribution < 1.29 is 9.53 Å². The van der Waals surface area contributed by atoms with E-state index < -0.39 is 5.41 Å². The van der Waals surface area contributed by atoms with Crippen molar-refractivity contribution in [3.63, 3.8) is 0 Å². The number of esters is 1. The van der Waals surface area contributed by atoms with Crippen LogP contribution in [-0.4, -0.2) is 36.6 Å². The fourth-order valence-electron chi connectivity index (χ4n) is 3.69. The second kappa shape index (κ2) is 4.97. The second-order valence-electron chi connectivity index (χ2n) is 5.41. The van der Waals surface area contributed by atoms with Crippen molar-refractivity contribution in [2.75, 3.05) is 13.7 Å². The Bertz CT molecular complexity index is 473. The van der Waals surface area contributed by atoms with Crippen LogP contribution in [0.2, 0.25) is 0 Å². The maximum absolute atomic E-state index is 12.5. The largest absolute Gasteiger partial charge is 0.468 e. The summed E-state index contributed by atoms with van der Waals surface area (Å²) >= 11 is 0. The normalized spacial score (nSPS) is 30.8. The van der Waals surface area contributed by atoms with Crippen LogP contribution in [-0.2, 0) is 14.9 Å². The summed E-state index contributed by atoms with van der Waals surface area (Å²) in [5, 5.41) is 0. The van der Waals surface area contributed by atoms with Gasteiger partial charge in [-0.25, -0.2) is 0 Å². The molecule has 1 aromatic rings. The molecule has 1 aliphatic heterocycles. The summed E-state index contributed by atoms with van der Waals surface area (Å²) in [6, 6.07) is 8.56. The Balaban J connectivity index is 2.52. The van der Waals surface area contributed by atoms with Crippen molar-refractivity contribution in [2.45, 2.75) is 45.2 Å². The fourth-order valence-corrected chi connectivity index (χ4v) is 3.69. The van der Waals surface area contributed by atoms with Gasteiger partial charge in [-0.05, 0) is 32.9 Å². The van der Waals surface area contributed by atoms with E-state index >= 15 is 0 Å². The molecule has 1 fully saturated rings. The summed E-state index contributed by atoms with van der Waals surface area (Å²) < 4.78 is 5.12. The van der Waals surface area contributed by atoms with E-state index in [0.29, 0.717) is 0 Å². The van der Waals surface area contributed by atoms with E-state index in [9.17, 15) is 4.79 Å². The summed E-state index contributed by atoms with van der Waals surface area (Å²) in [6.07, 6.45) is 0. The lowest BCUT2D eigenvalue weighted by molar-refractivity contribution is -0.168. The first-order chi connectivity index (χ1) is 8.99. The lowest BCUT2D eigenvalue weighted by Gasteiger charge is -2.59. The first kappa shape index (κ1) is 14.1. The molecule has 1 heterocycles. The number of rotatable bonds is 3. The van der Waals surface area contributed by atoms with Gasteiger partial charge in [-0.15, -0.1) is 0 Å². The van der Waals surface area contributed by atoms with Crippen LogP contribution in [0, 0.1) is 6.92 Å². The number of ether oxygens (including phenoxy) is 1. The van der Waals surface area contributed by atoms with Gasteiger partial charge in [-0.3, -0.25) is 9.69 Å². The average Bonchev–Trinajstić information content (AvgIpc) is 2.40. The molecule has 0 saturated carbocycles. The summed E-state index contributed by atoms with van der Waals surface area (Å²) in [5.41, 5.74) is 1.72. The van der Waals surface area contributed by atoms with Gasteiger partial charge in [0.2, 0.25) is 0 Å². The number of hydrogen-bond acceptors (Lipinski definition) is 3. The van der Waals surface area contributed by atoms with Crippen LogP contribution in [0.25, 0.3) is 0 Å². The van der Waals surface area contributed by atoms with Gasteiger partial charge in [0.25, 0.3) is 0 Å². The number of methoxy groups -OCH3 is 1. The van der Waals surface area contributed by atoms with E-state index in [1.807, 2.05) is 12.1 Å². The van der Waals surface area contributed by atoms with E-state index in [-0.39, 0.29) is 18.1 Å². The van der Waals surface area contributed by atoms with Crippen molar-refractivity contribution >= 4 is 5.97 Å². The molecular formula is C16H23NO2. The zero-order valence-electron chi connectivity index (χ0n) is 12.4. The number of likely N-dealkylation sites (tertiary alicyclic amines) is 1. The number of aryl methyl sites for hydroxylation is 1. The molecular weight excluding hydrogens is 238 g/mol. The fraction of sp³-hybridized carbons (Fsp3) is 0.562. The predicted molar refractivity (Wildman–Crippen MR) is 76.2 cm³/mol. The first-order valence-electron chi connectivity index (χ1n) is 6.91. The standard InChI is InChI=1S/C16H23NO2/c1-6-17-12(3)16(13(17)4,15(18)19-5)14-9-7-8-11(2)10-14/h7-10,12-13H,6H2,1-5H3. The second-order valence-corrected chi connectivity index (χ2v) is 5.41. The lowest BCUT2D eigenvalue weighted by Crippen LogP contribution is -2.75. The van der Waals surface area contributed by atoms with Gasteiger partial charge in [0.05, 0.1) is 7.11 Å². The highest BCUT2D eigenvalue weighted by Gasteiger charge is 2.62.